The van der Waals surface area contributed by atoms with Gasteiger partial charge in [-0.15, -0.1) is 0 Å². The van der Waals surface area contributed by atoms with Crippen LogP contribution in [-0.2, 0) is 17.9 Å². The SMILES string of the molecule is CCOc1cc(/C=C2\SC(=O)N(Cc3c(Cl)cccc3Cl)C2=O)cc(Cl)c1OCc1ccccc1. The molecule has 0 spiro atoms. The lowest BCUT2D eigenvalue weighted by molar-refractivity contribution is -0.123. The molecule has 180 valence electrons. The third kappa shape index (κ3) is 5.96. The van der Waals surface area contributed by atoms with Crippen molar-refractivity contribution in [1.29, 1.82) is 0 Å². The molecule has 2 amide bonds. The maximum Gasteiger partial charge on any atom is 0.293 e. The second kappa shape index (κ2) is 11.4. The zero-order valence-electron chi connectivity index (χ0n) is 18.6. The van der Waals surface area contributed by atoms with Crippen molar-refractivity contribution in [3.05, 3.63) is 97.3 Å². The number of benzene rings is 3. The van der Waals surface area contributed by atoms with E-state index >= 15 is 0 Å². The van der Waals surface area contributed by atoms with Crippen LogP contribution in [0.3, 0.4) is 0 Å². The fourth-order valence-electron chi connectivity index (χ4n) is 3.43. The van der Waals surface area contributed by atoms with Gasteiger partial charge in [-0.05, 0) is 60.2 Å². The highest BCUT2D eigenvalue weighted by Gasteiger charge is 2.35. The van der Waals surface area contributed by atoms with Gasteiger partial charge in [0, 0.05) is 15.6 Å². The molecule has 35 heavy (non-hydrogen) atoms. The fourth-order valence-corrected chi connectivity index (χ4v) is 5.06. The van der Waals surface area contributed by atoms with E-state index in [1.807, 2.05) is 37.3 Å². The predicted molar refractivity (Wildman–Crippen MR) is 141 cm³/mol. The Morgan fingerprint density at radius 2 is 1.63 bits per heavy atom. The number of amides is 2. The van der Waals surface area contributed by atoms with E-state index in [2.05, 4.69) is 0 Å². The minimum Gasteiger partial charge on any atom is -0.490 e. The first kappa shape index (κ1) is 25.5. The first-order valence-electron chi connectivity index (χ1n) is 10.7. The molecule has 1 aliphatic heterocycles. The molecule has 1 aliphatic rings. The number of imide groups is 1. The van der Waals surface area contributed by atoms with E-state index in [-0.39, 0.29) is 11.4 Å². The van der Waals surface area contributed by atoms with Crippen molar-refractivity contribution in [2.45, 2.75) is 20.1 Å². The molecule has 4 rings (SSSR count). The Kier molecular flexibility index (Phi) is 8.29. The van der Waals surface area contributed by atoms with Gasteiger partial charge in [0.1, 0.15) is 6.61 Å². The summed E-state index contributed by atoms with van der Waals surface area (Å²) < 4.78 is 11.7. The first-order chi connectivity index (χ1) is 16.9. The summed E-state index contributed by atoms with van der Waals surface area (Å²) in [5, 5.41) is 0.705. The van der Waals surface area contributed by atoms with Crippen LogP contribution in [0.1, 0.15) is 23.6 Å². The molecule has 0 aliphatic carbocycles. The molecular formula is C26H20Cl3NO4S. The van der Waals surface area contributed by atoms with Crippen LogP contribution in [0.15, 0.2) is 65.6 Å². The number of halogens is 3. The molecule has 1 saturated heterocycles. The number of carbonyl (C=O) groups excluding carboxylic acids is 2. The molecule has 1 fully saturated rings. The zero-order valence-corrected chi connectivity index (χ0v) is 21.7. The summed E-state index contributed by atoms with van der Waals surface area (Å²) in [6, 6.07) is 18.1. The predicted octanol–water partition coefficient (Wildman–Crippen LogP) is 7.86. The molecule has 3 aromatic rings. The molecule has 0 radical (unpaired) electrons. The Balaban J connectivity index is 1.57. The molecular weight excluding hydrogens is 529 g/mol. The average Bonchev–Trinajstić information content (AvgIpc) is 3.09. The van der Waals surface area contributed by atoms with E-state index in [1.165, 1.54) is 0 Å². The Morgan fingerprint density at radius 1 is 0.914 bits per heavy atom. The van der Waals surface area contributed by atoms with Gasteiger partial charge in [-0.25, -0.2) is 0 Å². The van der Waals surface area contributed by atoms with Crippen LogP contribution in [0.5, 0.6) is 11.5 Å². The molecule has 0 saturated carbocycles. The maximum atomic E-state index is 13.0. The largest absolute Gasteiger partial charge is 0.490 e. The summed E-state index contributed by atoms with van der Waals surface area (Å²) >= 11 is 19.8. The van der Waals surface area contributed by atoms with Crippen LogP contribution in [-0.4, -0.2) is 22.7 Å². The monoisotopic (exact) mass is 547 g/mol. The lowest BCUT2D eigenvalue weighted by atomic mass is 10.1. The topological polar surface area (TPSA) is 55.8 Å². The number of hydrogen-bond donors (Lipinski definition) is 0. The van der Waals surface area contributed by atoms with E-state index in [0.29, 0.717) is 50.9 Å². The van der Waals surface area contributed by atoms with E-state index < -0.39 is 11.1 Å². The van der Waals surface area contributed by atoms with Crippen molar-refractivity contribution in [3.63, 3.8) is 0 Å². The molecule has 5 nitrogen and oxygen atoms in total. The second-order valence-electron chi connectivity index (χ2n) is 7.51. The summed E-state index contributed by atoms with van der Waals surface area (Å²) in [4.78, 5) is 27.0. The van der Waals surface area contributed by atoms with Crippen molar-refractivity contribution in [2.24, 2.45) is 0 Å². The van der Waals surface area contributed by atoms with Crippen LogP contribution >= 0.6 is 46.6 Å². The lowest BCUT2D eigenvalue weighted by Crippen LogP contribution is -2.27. The zero-order chi connectivity index (χ0) is 24.9. The van der Waals surface area contributed by atoms with Gasteiger partial charge in [-0.2, -0.15) is 0 Å². The summed E-state index contributed by atoms with van der Waals surface area (Å²) in [6.45, 7) is 2.56. The summed E-state index contributed by atoms with van der Waals surface area (Å²) in [5.74, 6) is 0.426. The van der Waals surface area contributed by atoms with Crippen LogP contribution < -0.4 is 9.47 Å². The van der Waals surface area contributed by atoms with Crippen LogP contribution in [0.2, 0.25) is 15.1 Å². The second-order valence-corrected chi connectivity index (χ2v) is 9.72. The number of thioether (sulfide) groups is 1. The smallest absolute Gasteiger partial charge is 0.293 e. The van der Waals surface area contributed by atoms with Gasteiger partial charge in [-0.3, -0.25) is 14.5 Å². The normalized spacial score (nSPS) is 14.6. The van der Waals surface area contributed by atoms with Gasteiger partial charge >= 0.3 is 0 Å². The van der Waals surface area contributed by atoms with Gasteiger partial charge in [0.15, 0.2) is 11.5 Å². The molecule has 9 heteroatoms. The lowest BCUT2D eigenvalue weighted by Gasteiger charge is -2.15. The molecule has 0 bridgehead atoms. The highest BCUT2D eigenvalue weighted by molar-refractivity contribution is 8.18. The van der Waals surface area contributed by atoms with Crippen molar-refractivity contribution in [1.82, 2.24) is 4.90 Å². The minimum absolute atomic E-state index is 0.0161. The maximum absolute atomic E-state index is 13.0. The number of nitrogens with zero attached hydrogens (tertiary/aromatic N) is 1. The van der Waals surface area contributed by atoms with Crippen LogP contribution in [0.4, 0.5) is 4.79 Å². The molecule has 0 N–H and O–H groups in total. The van der Waals surface area contributed by atoms with Crippen LogP contribution in [0, 0.1) is 0 Å². The number of rotatable bonds is 8. The number of hydrogen-bond acceptors (Lipinski definition) is 5. The third-order valence-electron chi connectivity index (χ3n) is 5.11. The Labute approximate surface area is 222 Å². The van der Waals surface area contributed by atoms with Gasteiger partial charge in [0.25, 0.3) is 11.1 Å². The van der Waals surface area contributed by atoms with E-state index in [9.17, 15) is 9.59 Å². The average molecular weight is 549 g/mol. The summed E-state index contributed by atoms with van der Waals surface area (Å²) in [7, 11) is 0. The molecule has 0 aromatic heterocycles. The first-order valence-corrected chi connectivity index (χ1v) is 12.6. The standard InChI is InChI=1S/C26H20Cl3NO4S/c1-2-33-22-12-17(11-21(29)24(22)34-15-16-7-4-3-5-8-16)13-23-25(31)30(26(32)35-23)14-18-19(27)9-6-10-20(18)28/h3-13H,2,14-15H2,1H3/b23-13-. The van der Waals surface area contributed by atoms with Gasteiger partial charge in [0.05, 0.1) is 23.1 Å². The van der Waals surface area contributed by atoms with Crippen molar-refractivity contribution in [2.75, 3.05) is 6.61 Å². The summed E-state index contributed by atoms with van der Waals surface area (Å²) in [6.07, 6.45) is 1.61. The molecule has 0 atom stereocenters. The van der Waals surface area contributed by atoms with E-state index in [0.717, 1.165) is 22.2 Å². The van der Waals surface area contributed by atoms with Gasteiger partial charge in [-0.1, -0.05) is 71.2 Å². The Bertz CT molecular complexity index is 1280. The van der Waals surface area contributed by atoms with Crippen LogP contribution in [0.25, 0.3) is 6.08 Å². The summed E-state index contributed by atoms with van der Waals surface area (Å²) in [5.41, 5.74) is 2.11. The Morgan fingerprint density at radius 3 is 2.31 bits per heavy atom. The Hall–Kier alpha value is -2.64. The molecule has 3 aromatic carbocycles. The van der Waals surface area contributed by atoms with Crippen molar-refractivity contribution < 1.29 is 19.1 Å². The van der Waals surface area contributed by atoms with Gasteiger partial charge < -0.3 is 9.47 Å². The number of ether oxygens (including phenoxy) is 2. The van der Waals surface area contributed by atoms with Crippen molar-refractivity contribution >= 4 is 63.8 Å². The van der Waals surface area contributed by atoms with Gasteiger partial charge in [0.2, 0.25) is 0 Å². The van der Waals surface area contributed by atoms with Crippen molar-refractivity contribution in [3.8, 4) is 11.5 Å². The quantitative estimate of drug-likeness (QED) is 0.268. The fraction of sp³-hybridized carbons (Fsp3) is 0.154. The van der Waals surface area contributed by atoms with E-state index in [4.69, 9.17) is 44.3 Å². The molecule has 1 heterocycles. The highest BCUT2D eigenvalue weighted by atomic mass is 35.5. The minimum atomic E-state index is -0.436. The number of carbonyl (C=O) groups is 2. The van der Waals surface area contributed by atoms with E-state index in [1.54, 1.807) is 36.4 Å². The highest BCUT2D eigenvalue weighted by Crippen LogP contribution is 2.40. The molecule has 0 unspecified atom stereocenters. The third-order valence-corrected chi connectivity index (χ3v) is 7.00.